The number of ether oxygens (including phenoxy) is 1. The number of halogens is 1. The molecule has 1 unspecified atom stereocenters. The number of rotatable bonds is 5. The largest absolute Gasteiger partial charge is 0.496 e. The molecule has 4 heteroatoms. The van der Waals surface area contributed by atoms with Gasteiger partial charge in [-0.2, -0.15) is 0 Å². The van der Waals surface area contributed by atoms with Crippen molar-refractivity contribution in [3.8, 4) is 5.75 Å². The van der Waals surface area contributed by atoms with Crippen LogP contribution in [0.1, 0.15) is 17.4 Å². The Hall–Kier alpha value is -1.26. The molecule has 2 rings (SSSR count). The minimum atomic E-state index is 0.132. The van der Waals surface area contributed by atoms with Crippen LogP contribution < -0.4 is 10.1 Å². The summed E-state index contributed by atoms with van der Waals surface area (Å²) in [6, 6.07) is 12.0. The Morgan fingerprint density at radius 2 is 2.06 bits per heavy atom. The average Bonchev–Trinajstić information content (AvgIpc) is 2.83. The van der Waals surface area contributed by atoms with Crippen molar-refractivity contribution in [2.75, 3.05) is 14.2 Å². The zero-order chi connectivity index (χ0) is 13.0. The summed E-state index contributed by atoms with van der Waals surface area (Å²) in [6.45, 7) is 0. The normalized spacial score (nSPS) is 12.4. The lowest BCUT2D eigenvalue weighted by atomic mass is 10.0. The van der Waals surface area contributed by atoms with E-state index in [2.05, 4.69) is 27.3 Å². The molecule has 0 fully saturated rings. The number of benzene rings is 1. The van der Waals surface area contributed by atoms with E-state index < -0.39 is 0 Å². The van der Waals surface area contributed by atoms with Crippen LogP contribution in [0.2, 0.25) is 0 Å². The zero-order valence-corrected chi connectivity index (χ0v) is 12.0. The third-order valence-corrected chi connectivity index (χ3v) is 3.33. The highest BCUT2D eigenvalue weighted by Gasteiger charge is 2.16. The molecule has 2 aromatic rings. The smallest absolute Gasteiger partial charge is 0.169 e. The highest BCUT2D eigenvalue weighted by molar-refractivity contribution is 9.10. The van der Waals surface area contributed by atoms with Crippen LogP contribution in [-0.4, -0.2) is 14.2 Å². The summed E-state index contributed by atoms with van der Waals surface area (Å²) in [6.07, 6.45) is 0.820. The van der Waals surface area contributed by atoms with E-state index in [9.17, 15) is 0 Å². The SMILES string of the molecule is CNC(Cc1ccccc1OC)c1ccc(Br)o1. The van der Waals surface area contributed by atoms with Crippen LogP contribution >= 0.6 is 15.9 Å². The second-order valence-corrected chi connectivity index (χ2v) is 4.78. The lowest BCUT2D eigenvalue weighted by molar-refractivity contribution is 0.393. The van der Waals surface area contributed by atoms with E-state index in [-0.39, 0.29) is 6.04 Å². The van der Waals surface area contributed by atoms with Crippen LogP contribution in [0.3, 0.4) is 0 Å². The Bertz CT molecular complexity index is 510. The van der Waals surface area contributed by atoms with E-state index in [1.54, 1.807) is 7.11 Å². The predicted octanol–water partition coefficient (Wildman–Crippen LogP) is 3.55. The van der Waals surface area contributed by atoms with Gasteiger partial charge >= 0.3 is 0 Å². The van der Waals surface area contributed by atoms with Gasteiger partial charge in [0.1, 0.15) is 11.5 Å². The summed E-state index contributed by atoms with van der Waals surface area (Å²) in [5.74, 6) is 1.82. The predicted molar refractivity (Wildman–Crippen MR) is 74.9 cm³/mol. The maximum atomic E-state index is 5.60. The van der Waals surface area contributed by atoms with Crippen LogP contribution in [0, 0.1) is 0 Å². The van der Waals surface area contributed by atoms with Crippen LogP contribution in [0.25, 0.3) is 0 Å². The van der Waals surface area contributed by atoms with Gasteiger partial charge in [-0.1, -0.05) is 18.2 Å². The quantitative estimate of drug-likeness (QED) is 0.917. The summed E-state index contributed by atoms with van der Waals surface area (Å²) in [5.41, 5.74) is 1.16. The van der Waals surface area contributed by atoms with Crippen molar-refractivity contribution < 1.29 is 9.15 Å². The third kappa shape index (κ3) is 2.94. The van der Waals surface area contributed by atoms with Crippen molar-refractivity contribution in [2.24, 2.45) is 0 Å². The highest BCUT2D eigenvalue weighted by Crippen LogP contribution is 2.27. The fourth-order valence-corrected chi connectivity index (χ4v) is 2.27. The molecule has 0 radical (unpaired) electrons. The van der Waals surface area contributed by atoms with Crippen molar-refractivity contribution in [1.82, 2.24) is 5.32 Å². The summed E-state index contributed by atoms with van der Waals surface area (Å²) >= 11 is 3.32. The molecule has 0 aliphatic carbocycles. The van der Waals surface area contributed by atoms with Gasteiger partial charge in [0.05, 0.1) is 13.2 Å². The Balaban J connectivity index is 2.20. The zero-order valence-electron chi connectivity index (χ0n) is 10.4. The topological polar surface area (TPSA) is 34.4 Å². The van der Waals surface area contributed by atoms with Gasteiger partial charge < -0.3 is 14.5 Å². The Morgan fingerprint density at radius 1 is 1.28 bits per heavy atom. The first-order chi connectivity index (χ1) is 8.74. The van der Waals surface area contributed by atoms with E-state index in [1.165, 1.54) is 0 Å². The molecule has 0 aliphatic rings. The lowest BCUT2D eigenvalue weighted by Gasteiger charge is -2.15. The van der Waals surface area contributed by atoms with Gasteiger partial charge in [0.2, 0.25) is 0 Å². The Labute approximate surface area is 115 Å². The second-order valence-electron chi connectivity index (χ2n) is 4.00. The molecule has 1 aromatic heterocycles. The fourth-order valence-electron chi connectivity index (χ4n) is 1.95. The monoisotopic (exact) mass is 309 g/mol. The molecule has 0 saturated carbocycles. The number of para-hydroxylation sites is 1. The standard InChI is InChI=1S/C14H16BrNO2/c1-16-11(13-7-8-14(15)18-13)9-10-5-3-4-6-12(10)17-2/h3-8,11,16H,9H2,1-2H3. The number of methoxy groups -OCH3 is 1. The average molecular weight is 310 g/mol. The van der Waals surface area contributed by atoms with Gasteiger partial charge in [-0.25, -0.2) is 0 Å². The van der Waals surface area contributed by atoms with Crippen LogP contribution in [0.4, 0.5) is 0 Å². The van der Waals surface area contributed by atoms with Crippen LogP contribution in [0.5, 0.6) is 5.75 Å². The van der Waals surface area contributed by atoms with Gasteiger partial charge in [0.15, 0.2) is 4.67 Å². The molecule has 0 bridgehead atoms. The summed E-state index contributed by atoms with van der Waals surface area (Å²) in [4.78, 5) is 0. The Kier molecular flexibility index (Phi) is 4.44. The number of hydrogen-bond acceptors (Lipinski definition) is 3. The second kappa shape index (κ2) is 6.07. The molecule has 1 N–H and O–H groups in total. The molecule has 0 spiro atoms. The first kappa shape index (κ1) is 13.2. The molecular weight excluding hydrogens is 294 g/mol. The summed E-state index contributed by atoms with van der Waals surface area (Å²) in [5, 5.41) is 3.26. The van der Waals surface area contributed by atoms with E-state index in [1.807, 2.05) is 37.4 Å². The molecule has 0 amide bonds. The van der Waals surface area contributed by atoms with Gasteiger partial charge in [0.25, 0.3) is 0 Å². The third-order valence-electron chi connectivity index (χ3n) is 2.90. The van der Waals surface area contributed by atoms with Gasteiger partial charge in [-0.15, -0.1) is 0 Å². The van der Waals surface area contributed by atoms with Crippen molar-refractivity contribution in [3.05, 3.63) is 52.4 Å². The van der Waals surface area contributed by atoms with Gasteiger partial charge in [-0.3, -0.25) is 0 Å². The minimum absolute atomic E-state index is 0.132. The number of furan rings is 1. The van der Waals surface area contributed by atoms with Crippen molar-refractivity contribution in [1.29, 1.82) is 0 Å². The molecule has 3 nitrogen and oxygen atoms in total. The van der Waals surface area contributed by atoms with Crippen LogP contribution in [0.15, 0.2) is 45.5 Å². The minimum Gasteiger partial charge on any atom is -0.496 e. The van der Waals surface area contributed by atoms with E-state index in [4.69, 9.17) is 9.15 Å². The van der Waals surface area contributed by atoms with Crippen molar-refractivity contribution in [2.45, 2.75) is 12.5 Å². The maximum Gasteiger partial charge on any atom is 0.169 e. The fraction of sp³-hybridized carbons (Fsp3) is 0.286. The highest BCUT2D eigenvalue weighted by atomic mass is 79.9. The van der Waals surface area contributed by atoms with E-state index >= 15 is 0 Å². The summed E-state index contributed by atoms with van der Waals surface area (Å²) in [7, 11) is 3.62. The number of hydrogen-bond donors (Lipinski definition) is 1. The molecule has 0 aliphatic heterocycles. The molecule has 1 aromatic carbocycles. The molecule has 96 valence electrons. The number of nitrogens with one attached hydrogen (secondary N) is 1. The van der Waals surface area contributed by atoms with Crippen molar-refractivity contribution in [3.63, 3.8) is 0 Å². The molecular formula is C14H16BrNO2. The lowest BCUT2D eigenvalue weighted by Crippen LogP contribution is -2.18. The molecule has 1 atom stereocenters. The van der Waals surface area contributed by atoms with Gasteiger partial charge in [0, 0.05) is 0 Å². The van der Waals surface area contributed by atoms with Crippen LogP contribution in [-0.2, 0) is 6.42 Å². The molecule has 1 heterocycles. The van der Waals surface area contributed by atoms with E-state index in [0.717, 1.165) is 28.2 Å². The number of likely N-dealkylation sites (N-methyl/N-ethyl adjacent to an activating group) is 1. The molecule has 18 heavy (non-hydrogen) atoms. The van der Waals surface area contributed by atoms with Crippen molar-refractivity contribution >= 4 is 15.9 Å². The maximum absolute atomic E-state index is 5.60. The molecule has 0 saturated heterocycles. The van der Waals surface area contributed by atoms with Gasteiger partial charge in [-0.05, 0) is 53.2 Å². The first-order valence-electron chi connectivity index (χ1n) is 5.79. The first-order valence-corrected chi connectivity index (χ1v) is 6.58. The summed E-state index contributed by atoms with van der Waals surface area (Å²) < 4.78 is 11.7. The Morgan fingerprint density at radius 3 is 2.67 bits per heavy atom. The van der Waals surface area contributed by atoms with E-state index in [0.29, 0.717) is 0 Å².